The van der Waals surface area contributed by atoms with Crippen molar-refractivity contribution in [1.82, 2.24) is 4.57 Å². The van der Waals surface area contributed by atoms with Crippen LogP contribution in [0.1, 0.15) is 0 Å². The predicted molar refractivity (Wildman–Crippen MR) is 53.7 cm³/mol. The molecule has 1 aromatic carbocycles. The van der Waals surface area contributed by atoms with E-state index in [1.165, 1.54) is 13.1 Å². The Morgan fingerprint density at radius 1 is 1.53 bits per heavy atom. The molecule has 0 atom stereocenters. The van der Waals surface area contributed by atoms with Crippen LogP contribution >= 0.6 is 11.3 Å². The monoisotopic (exact) mass is 228 g/mol. The number of aromatic nitrogens is 1. The number of nitrogens with zero attached hydrogens (tertiary/aromatic N) is 2. The summed E-state index contributed by atoms with van der Waals surface area (Å²) in [7, 11) is 1.43. The Morgan fingerprint density at radius 3 is 2.80 bits per heavy atom. The Labute approximate surface area is 86.5 Å². The van der Waals surface area contributed by atoms with Crippen LogP contribution in [0, 0.1) is 15.9 Å². The van der Waals surface area contributed by atoms with Crippen LogP contribution in [0.2, 0.25) is 0 Å². The number of nitro benzene ring substituents is 1. The lowest BCUT2D eigenvalue weighted by Gasteiger charge is -1.96. The zero-order chi connectivity index (χ0) is 11.2. The fraction of sp³-hybridized carbons (Fsp3) is 0.125. The Kier molecular flexibility index (Phi) is 2.04. The van der Waals surface area contributed by atoms with Gasteiger partial charge in [0.05, 0.1) is 21.2 Å². The number of rotatable bonds is 1. The van der Waals surface area contributed by atoms with Crippen molar-refractivity contribution in [2.24, 2.45) is 7.05 Å². The highest BCUT2D eigenvalue weighted by molar-refractivity contribution is 7.16. The number of halogens is 1. The molecule has 0 saturated carbocycles. The minimum atomic E-state index is -0.750. The van der Waals surface area contributed by atoms with Gasteiger partial charge in [0.25, 0.3) is 5.69 Å². The van der Waals surface area contributed by atoms with Crippen LogP contribution in [0.5, 0.6) is 0 Å². The van der Waals surface area contributed by atoms with E-state index >= 15 is 0 Å². The van der Waals surface area contributed by atoms with E-state index in [0.29, 0.717) is 0 Å². The number of aryl methyl sites for hydroxylation is 1. The maximum Gasteiger partial charge on any atom is 0.307 e. The molecule has 2 aromatic rings. The molecule has 5 nitrogen and oxygen atoms in total. The van der Waals surface area contributed by atoms with Gasteiger partial charge in [0.15, 0.2) is 5.82 Å². The lowest BCUT2D eigenvalue weighted by molar-refractivity contribution is -0.384. The number of hydrogen-bond acceptors (Lipinski definition) is 4. The molecule has 1 aromatic heterocycles. The molecule has 2 rings (SSSR count). The van der Waals surface area contributed by atoms with Crippen LogP contribution in [0.15, 0.2) is 16.9 Å². The summed E-state index contributed by atoms with van der Waals surface area (Å²) >= 11 is 0.787. The van der Waals surface area contributed by atoms with Gasteiger partial charge in [-0.1, -0.05) is 11.3 Å². The van der Waals surface area contributed by atoms with Crippen molar-refractivity contribution in [2.75, 3.05) is 0 Å². The van der Waals surface area contributed by atoms with Crippen molar-refractivity contribution in [3.05, 3.63) is 37.7 Å². The van der Waals surface area contributed by atoms with Gasteiger partial charge in [0.2, 0.25) is 0 Å². The summed E-state index contributed by atoms with van der Waals surface area (Å²) in [5.74, 6) is -0.750. The van der Waals surface area contributed by atoms with Crippen molar-refractivity contribution in [3.63, 3.8) is 0 Å². The maximum absolute atomic E-state index is 13.4. The highest BCUT2D eigenvalue weighted by atomic mass is 32.1. The smallest absolute Gasteiger partial charge is 0.299 e. The van der Waals surface area contributed by atoms with Crippen molar-refractivity contribution in [3.8, 4) is 0 Å². The average Bonchev–Trinajstić information content (AvgIpc) is 2.42. The second-order valence-corrected chi connectivity index (χ2v) is 3.95. The first kappa shape index (κ1) is 9.78. The molecule has 15 heavy (non-hydrogen) atoms. The van der Waals surface area contributed by atoms with Crippen molar-refractivity contribution in [2.45, 2.75) is 0 Å². The van der Waals surface area contributed by atoms with E-state index in [-0.39, 0.29) is 20.8 Å². The third-order valence-corrected chi connectivity index (χ3v) is 3.01. The molecule has 0 saturated heterocycles. The summed E-state index contributed by atoms with van der Waals surface area (Å²) in [6.07, 6.45) is 0. The van der Waals surface area contributed by atoms with Crippen LogP contribution in [0.4, 0.5) is 10.1 Å². The average molecular weight is 228 g/mol. The number of benzene rings is 1. The van der Waals surface area contributed by atoms with Gasteiger partial charge in [-0.2, -0.15) is 0 Å². The number of hydrogen-bond donors (Lipinski definition) is 0. The lowest BCUT2D eigenvalue weighted by atomic mass is 10.3. The zero-order valence-corrected chi connectivity index (χ0v) is 8.38. The summed E-state index contributed by atoms with van der Waals surface area (Å²) in [4.78, 5) is 20.6. The van der Waals surface area contributed by atoms with E-state index in [1.807, 2.05) is 0 Å². The molecule has 0 aliphatic carbocycles. The first-order valence-corrected chi connectivity index (χ1v) is 4.76. The normalized spacial score (nSPS) is 10.8. The maximum atomic E-state index is 13.4. The molecule has 0 aliphatic heterocycles. The SMILES string of the molecule is Cn1c(=O)sc2cc([N+](=O)[O-])cc(F)c21. The first-order valence-electron chi connectivity index (χ1n) is 3.94. The van der Waals surface area contributed by atoms with E-state index < -0.39 is 10.7 Å². The Bertz CT molecular complexity index is 616. The quantitative estimate of drug-likeness (QED) is 0.550. The van der Waals surface area contributed by atoms with Crippen LogP contribution in [0.25, 0.3) is 10.2 Å². The molecule has 0 spiro atoms. The van der Waals surface area contributed by atoms with Gasteiger partial charge in [-0.25, -0.2) is 4.39 Å². The highest BCUT2D eigenvalue weighted by Crippen LogP contribution is 2.25. The topological polar surface area (TPSA) is 65.1 Å². The molecule has 0 radical (unpaired) electrons. The van der Waals surface area contributed by atoms with E-state index in [0.717, 1.165) is 22.0 Å². The Morgan fingerprint density at radius 2 is 2.20 bits per heavy atom. The largest absolute Gasteiger partial charge is 0.307 e. The fourth-order valence-electron chi connectivity index (χ4n) is 1.32. The van der Waals surface area contributed by atoms with Gasteiger partial charge in [0.1, 0.15) is 0 Å². The molecule has 1 heterocycles. The molecule has 0 aliphatic rings. The Balaban J connectivity index is 2.90. The lowest BCUT2D eigenvalue weighted by Crippen LogP contribution is -2.07. The van der Waals surface area contributed by atoms with Crippen molar-refractivity contribution < 1.29 is 9.31 Å². The second kappa shape index (κ2) is 3.13. The molecular formula is C8H5FN2O3S. The molecule has 7 heteroatoms. The van der Waals surface area contributed by atoms with Crippen LogP contribution < -0.4 is 4.87 Å². The van der Waals surface area contributed by atoms with Crippen LogP contribution in [0.3, 0.4) is 0 Å². The zero-order valence-electron chi connectivity index (χ0n) is 7.56. The summed E-state index contributed by atoms with van der Waals surface area (Å²) in [5.41, 5.74) is -0.238. The summed E-state index contributed by atoms with van der Waals surface area (Å²) < 4.78 is 14.8. The van der Waals surface area contributed by atoms with Gasteiger partial charge in [-0.15, -0.1) is 0 Å². The summed E-state index contributed by atoms with van der Waals surface area (Å²) in [6, 6.07) is 2.01. The molecule has 0 N–H and O–H groups in total. The van der Waals surface area contributed by atoms with E-state index in [9.17, 15) is 19.3 Å². The highest BCUT2D eigenvalue weighted by Gasteiger charge is 2.15. The number of thiazole rings is 1. The van der Waals surface area contributed by atoms with E-state index in [1.54, 1.807) is 0 Å². The van der Waals surface area contributed by atoms with Crippen molar-refractivity contribution >= 4 is 27.2 Å². The summed E-state index contributed by atoms with van der Waals surface area (Å²) in [6.45, 7) is 0. The standard InChI is InChI=1S/C8H5FN2O3S/c1-10-7-5(9)2-4(11(13)14)3-6(7)15-8(10)12/h2-3H,1H3. The number of nitro groups is 1. The van der Waals surface area contributed by atoms with Crippen LogP contribution in [-0.2, 0) is 7.05 Å². The third-order valence-electron chi connectivity index (χ3n) is 2.03. The third kappa shape index (κ3) is 1.40. The van der Waals surface area contributed by atoms with Crippen molar-refractivity contribution in [1.29, 1.82) is 0 Å². The molecule has 0 fully saturated rings. The Hall–Kier alpha value is -1.76. The molecule has 0 unspecified atom stereocenters. The number of non-ortho nitro benzene ring substituents is 1. The predicted octanol–water partition coefficient (Wildman–Crippen LogP) is 1.65. The second-order valence-electron chi connectivity index (χ2n) is 2.96. The number of fused-ring (bicyclic) bond motifs is 1. The molecule has 0 bridgehead atoms. The van der Waals surface area contributed by atoms with Crippen LogP contribution in [-0.4, -0.2) is 9.49 Å². The van der Waals surface area contributed by atoms with E-state index in [4.69, 9.17) is 0 Å². The minimum absolute atomic E-state index is 0.107. The molecular weight excluding hydrogens is 223 g/mol. The summed E-state index contributed by atoms with van der Waals surface area (Å²) in [5, 5.41) is 10.4. The van der Waals surface area contributed by atoms with Gasteiger partial charge in [-0.3, -0.25) is 19.5 Å². The van der Waals surface area contributed by atoms with Gasteiger partial charge in [-0.05, 0) is 0 Å². The minimum Gasteiger partial charge on any atom is -0.299 e. The molecule has 78 valence electrons. The first-order chi connectivity index (χ1) is 7.00. The fourth-order valence-corrected chi connectivity index (χ4v) is 2.25. The van der Waals surface area contributed by atoms with E-state index in [2.05, 4.69) is 0 Å². The molecule has 0 amide bonds. The van der Waals surface area contributed by atoms with Gasteiger partial charge < -0.3 is 0 Å². The van der Waals surface area contributed by atoms with Gasteiger partial charge >= 0.3 is 4.87 Å². The van der Waals surface area contributed by atoms with Gasteiger partial charge in [0, 0.05) is 13.1 Å².